The Balaban J connectivity index is 0.00000144. The second-order valence-corrected chi connectivity index (χ2v) is 3.77. The van der Waals surface area contributed by atoms with E-state index >= 15 is 0 Å². The maximum absolute atomic E-state index is 11.7. The molecule has 7 heteroatoms. The van der Waals surface area contributed by atoms with Crippen molar-refractivity contribution in [2.75, 3.05) is 20.2 Å². The summed E-state index contributed by atoms with van der Waals surface area (Å²) < 4.78 is 9.82. The van der Waals surface area contributed by atoms with E-state index in [1.807, 2.05) is 0 Å². The number of rotatable bonds is 4. The molecule has 0 aromatic carbocycles. The smallest absolute Gasteiger partial charge is 0.273 e. The Morgan fingerprint density at radius 3 is 3.24 bits per heavy atom. The number of halogens is 1. The molecule has 0 bridgehead atoms. The second kappa shape index (κ2) is 6.58. The van der Waals surface area contributed by atoms with Crippen molar-refractivity contribution in [3.05, 3.63) is 17.5 Å². The number of aromatic nitrogens is 1. The van der Waals surface area contributed by atoms with Gasteiger partial charge in [0, 0.05) is 25.8 Å². The topological polar surface area (TPSA) is 76.4 Å². The lowest BCUT2D eigenvalue weighted by Gasteiger charge is -2.08. The van der Waals surface area contributed by atoms with Crippen molar-refractivity contribution in [1.29, 1.82) is 0 Å². The summed E-state index contributed by atoms with van der Waals surface area (Å²) in [5, 5.41) is 9.75. The zero-order valence-electron chi connectivity index (χ0n) is 9.56. The van der Waals surface area contributed by atoms with E-state index in [1.165, 1.54) is 0 Å². The fourth-order valence-electron chi connectivity index (χ4n) is 1.67. The van der Waals surface area contributed by atoms with E-state index in [-0.39, 0.29) is 24.4 Å². The van der Waals surface area contributed by atoms with Gasteiger partial charge in [-0.3, -0.25) is 4.79 Å². The molecule has 0 aliphatic carbocycles. The van der Waals surface area contributed by atoms with Crippen LogP contribution in [0.15, 0.2) is 10.6 Å². The van der Waals surface area contributed by atoms with Crippen LogP contribution in [0.5, 0.6) is 0 Å². The van der Waals surface area contributed by atoms with Crippen LogP contribution in [0, 0.1) is 0 Å². The maximum atomic E-state index is 11.7. The third kappa shape index (κ3) is 3.69. The Hall–Kier alpha value is -1.11. The van der Waals surface area contributed by atoms with E-state index in [9.17, 15) is 4.79 Å². The van der Waals surface area contributed by atoms with Crippen LogP contribution in [0.25, 0.3) is 0 Å². The molecule has 1 amide bonds. The zero-order chi connectivity index (χ0) is 11.4. The number of nitrogens with zero attached hydrogens (tertiary/aromatic N) is 1. The number of hydrogen-bond acceptors (Lipinski definition) is 5. The molecule has 1 unspecified atom stereocenters. The standard InChI is InChI=1S/C10H15N3O3.ClH/c1-15-6-8-4-9(13-16-8)10(14)12-7-2-3-11-5-7;/h4,7,11H,2-3,5-6H2,1H3,(H,12,14);1H. The van der Waals surface area contributed by atoms with E-state index in [1.54, 1.807) is 13.2 Å². The third-order valence-electron chi connectivity index (χ3n) is 2.47. The van der Waals surface area contributed by atoms with Crippen LogP contribution >= 0.6 is 12.4 Å². The van der Waals surface area contributed by atoms with E-state index in [2.05, 4.69) is 15.8 Å². The number of carbonyl (C=O) groups is 1. The summed E-state index contributed by atoms with van der Waals surface area (Å²) in [5.41, 5.74) is 0.305. The molecule has 1 aromatic heterocycles. The number of carbonyl (C=O) groups excluding carboxylic acids is 1. The van der Waals surface area contributed by atoms with Crippen molar-refractivity contribution >= 4 is 18.3 Å². The van der Waals surface area contributed by atoms with Crippen molar-refractivity contribution in [2.24, 2.45) is 0 Å². The predicted octanol–water partition coefficient (Wildman–Crippen LogP) is 0.334. The quantitative estimate of drug-likeness (QED) is 0.817. The summed E-state index contributed by atoms with van der Waals surface area (Å²) in [5.74, 6) is 0.358. The van der Waals surface area contributed by atoms with Crippen LogP contribution in [-0.2, 0) is 11.3 Å². The number of amides is 1. The van der Waals surface area contributed by atoms with Gasteiger partial charge in [-0.15, -0.1) is 12.4 Å². The SMILES string of the molecule is COCc1cc(C(=O)NC2CCNC2)no1.Cl. The third-order valence-corrected chi connectivity index (χ3v) is 2.47. The number of hydrogen-bond donors (Lipinski definition) is 2. The molecule has 96 valence electrons. The summed E-state index contributed by atoms with van der Waals surface area (Å²) in [4.78, 5) is 11.7. The van der Waals surface area contributed by atoms with E-state index in [4.69, 9.17) is 9.26 Å². The predicted molar refractivity (Wildman–Crippen MR) is 63.2 cm³/mol. The van der Waals surface area contributed by atoms with Crippen LogP contribution in [0.1, 0.15) is 22.7 Å². The van der Waals surface area contributed by atoms with Crippen molar-refractivity contribution in [1.82, 2.24) is 15.8 Å². The molecule has 6 nitrogen and oxygen atoms in total. The lowest BCUT2D eigenvalue weighted by atomic mass is 10.2. The van der Waals surface area contributed by atoms with Gasteiger partial charge >= 0.3 is 0 Å². The van der Waals surface area contributed by atoms with Gasteiger partial charge in [0.2, 0.25) is 0 Å². The summed E-state index contributed by atoms with van der Waals surface area (Å²) >= 11 is 0. The number of ether oxygens (including phenoxy) is 1. The summed E-state index contributed by atoms with van der Waals surface area (Å²) in [6, 6.07) is 1.79. The fraction of sp³-hybridized carbons (Fsp3) is 0.600. The van der Waals surface area contributed by atoms with Crippen LogP contribution < -0.4 is 10.6 Å². The highest BCUT2D eigenvalue weighted by Gasteiger charge is 2.19. The van der Waals surface area contributed by atoms with Crippen molar-refractivity contribution in [3.8, 4) is 0 Å². The maximum Gasteiger partial charge on any atom is 0.273 e. The molecule has 0 radical (unpaired) electrons. The Bertz CT molecular complexity index is 363. The molecule has 1 atom stereocenters. The lowest BCUT2D eigenvalue weighted by molar-refractivity contribution is 0.0930. The first kappa shape index (κ1) is 14.0. The van der Waals surface area contributed by atoms with Crippen LogP contribution in [0.3, 0.4) is 0 Å². The molecule has 1 aliphatic rings. The highest BCUT2D eigenvalue weighted by molar-refractivity contribution is 5.92. The molecule has 2 rings (SSSR count). The highest BCUT2D eigenvalue weighted by Crippen LogP contribution is 2.06. The van der Waals surface area contributed by atoms with Crippen molar-refractivity contribution in [3.63, 3.8) is 0 Å². The van der Waals surface area contributed by atoms with Crippen molar-refractivity contribution in [2.45, 2.75) is 19.1 Å². The van der Waals surface area contributed by atoms with Gasteiger partial charge in [-0.1, -0.05) is 5.16 Å². The van der Waals surface area contributed by atoms with Crippen LogP contribution in [0.2, 0.25) is 0 Å². The Morgan fingerprint density at radius 2 is 2.59 bits per heavy atom. The van der Waals surface area contributed by atoms with Crippen LogP contribution in [-0.4, -0.2) is 37.3 Å². The average molecular weight is 262 g/mol. The van der Waals surface area contributed by atoms with Gasteiger partial charge in [-0.25, -0.2) is 0 Å². The molecule has 0 saturated carbocycles. The molecule has 1 saturated heterocycles. The van der Waals surface area contributed by atoms with Gasteiger partial charge in [0.15, 0.2) is 11.5 Å². The van der Waals surface area contributed by atoms with Gasteiger partial charge in [0.1, 0.15) is 6.61 Å². The molecule has 0 spiro atoms. The van der Waals surface area contributed by atoms with Crippen LogP contribution in [0.4, 0.5) is 0 Å². The Labute approximate surface area is 105 Å². The molecule has 1 fully saturated rings. The van der Waals surface area contributed by atoms with E-state index in [0.717, 1.165) is 19.5 Å². The van der Waals surface area contributed by atoms with Gasteiger partial charge in [0.05, 0.1) is 0 Å². The average Bonchev–Trinajstić information content (AvgIpc) is 2.89. The minimum absolute atomic E-state index is 0. The number of methoxy groups -OCH3 is 1. The van der Waals surface area contributed by atoms with Gasteiger partial charge in [-0.05, 0) is 13.0 Å². The summed E-state index contributed by atoms with van der Waals surface area (Å²) in [6.07, 6.45) is 0.953. The first-order chi connectivity index (χ1) is 7.79. The molecule has 17 heavy (non-hydrogen) atoms. The Morgan fingerprint density at radius 1 is 1.76 bits per heavy atom. The minimum Gasteiger partial charge on any atom is -0.377 e. The monoisotopic (exact) mass is 261 g/mol. The molecule has 1 aliphatic heterocycles. The molecule has 2 N–H and O–H groups in total. The fourth-order valence-corrected chi connectivity index (χ4v) is 1.67. The van der Waals surface area contributed by atoms with Gasteiger partial charge in [-0.2, -0.15) is 0 Å². The Kier molecular flexibility index (Phi) is 5.40. The van der Waals surface area contributed by atoms with Gasteiger partial charge in [0.25, 0.3) is 5.91 Å². The largest absolute Gasteiger partial charge is 0.377 e. The number of nitrogens with one attached hydrogen (secondary N) is 2. The zero-order valence-corrected chi connectivity index (χ0v) is 10.4. The summed E-state index contributed by atoms with van der Waals surface area (Å²) in [7, 11) is 1.56. The first-order valence-corrected chi connectivity index (χ1v) is 5.25. The first-order valence-electron chi connectivity index (χ1n) is 5.25. The highest BCUT2D eigenvalue weighted by atomic mass is 35.5. The molecule has 2 heterocycles. The van der Waals surface area contributed by atoms with E-state index in [0.29, 0.717) is 18.1 Å². The molecular formula is C10H16ClN3O3. The molecule has 1 aromatic rings. The normalized spacial score (nSPS) is 18.8. The van der Waals surface area contributed by atoms with Gasteiger partial charge < -0.3 is 19.9 Å². The lowest BCUT2D eigenvalue weighted by Crippen LogP contribution is -2.36. The molecular weight excluding hydrogens is 246 g/mol. The van der Waals surface area contributed by atoms with Crippen molar-refractivity contribution < 1.29 is 14.1 Å². The summed E-state index contributed by atoms with van der Waals surface area (Å²) in [6.45, 7) is 2.08. The van der Waals surface area contributed by atoms with E-state index < -0.39 is 0 Å². The minimum atomic E-state index is -0.195. The second-order valence-electron chi connectivity index (χ2n) is 3.77.